The molecule has 0 radical (unpaired) electrons. The lowest BCUT2D eigenvalue weighted by molar-refractivity contribution is 0.406. The Morgan fingerprint density at radius 1 is 1.27 bits per heavy atom. The summed E-state index contributed by atoms with van der Waals surface area (Å²) in [6, 6.07) is 9.82. The summed E-state index contributed by atoms with van der Waals surface area (Å²) in [5.74, 6) is 0.251. The van der Waals surface area contributed by atoms with Crippen LogP contribution >= 0.6 is 0 Å². The average Bonchev–Trinajstić information content (AvgIpc) is 2.55. The van der Waals surface area contributed by atoms with Crippen LogP contribution in [0.1, 0.15) is 12.6 Å². The fourth-order valence-electron chi connectivity index (χ4n) is 1.73. The lowest BCUT2D eigenvalue weighted by atomic mass is 10.1. The van der Waals surface area contributed by atoms with Crippen LogP contribution in [-0.4, -0.2) is 14.9 Å². The van der Waals surface area contributed by atoms with E-state index in [1.165, 1.54) is 0 Å². The van der Waals surface area contributed by atoms with Crippen molar-refractivity contribution in [2.24, 2.45) is 0 Å². The zero-order valence-corrected chi connectivity index (χ0v) is 8.94. The zero-order valence-electron chi connectivity index (χ0n) is 8.94. The van der Waals surface area contributed by atoms with Crippen LogP contribution in [0.15, 0.2) is 30.3 Å². The van der Waals surface area contributed by atoms with Gasteiger partial charge in [0.2, 0.25) is 5.88 Å². The van der Waals surface area contributed by atoms with Gasteiger partial charge in [-0.15, -0.1) is 0 Å². The quantitative estimate of drug-likeness (QED) is 0.812. The first kappa shape index (κ1) is 9.77. The van der Waals surface area contributed by atoms with E-state index in [1.54, 1.807) is 4.68 Å². The maximum absolute atomic E-state index is 9.96. The molecule has 1 heterocycles. The van der Waals surface area contributed by atoms with Gasteiger partial charge in [-0.1, -0.05) is 30.3 Å². The monoisotopic (exact) mass is 202 g/mol. The molecule has 0 bridgehead atoms. The molecule has 2 aromatic rings. The van der Waals surface area contributed by atoms with Crippen molar-refractivity contribution in [3.63, 3.8) is 0 Å². The van der Waals surface area contributed by atoms with E-state index in [1.807, 2.05) is 44.2 Å². The number of aromatic nitrogens is 2. The van der Waals surface area contributed by atoms with Gasteiger partial charge in [-0.2, -0.15) is 5.10 Å². The molecule has 2 rings (SSSR count). The lowest BCUT2D eigenvalue weighted by Crippen LogP contribution is -1.94. The van der Waals surface area contributed by atoms with Gasteiger partial charge in [-0.25, -0.2) is 4.68 Å². The SMILES string of the molecule is CCn1nc(C)c(-c2ccccc2)c1O. The standard InChI is InChI=1S/C12H14N2O/c1-3-14-12(15)11(9(2)13-14)10-7-5-4-6-8-10/h4-8,15H,3H2,1-2H3. The highest BCUT2D eigenvalue weighted by Gasteiger charge is 2.14. The molecule has 1 aromatic heterocycles. The maximum atomic E-state index is 9.96. The molecule has 3 nitrogen and oxygen atoms in total. The molecule has 0 unspecified atom stereocenters. The van der Waals surface area contributed by atoms with Gasteiger partial charge in [0.25, 0.3) is 0 Å². The molecule has 0 saturated heterocycles. The van der Waals surface area contributed by atoms with E-state index in [0.29, 0.717) is 6.54 Å². The fraction of sp³-hybridized carbons (Fsp3) is 0.250. The van der Waals surface area contributed by atoms with Gasteiger partial charge in [0.1, 0.15) is 0 Å². The topological polar surface area (TPSA) is 38.0 Å². The van der Waals surface area contributed by atoms with Crippen molar-refractivity contribution in [3.8, 4) is 17.0 Å². The first-order valence-corrected chi connectivity index (χ1v) is 5.05. The number of hydrogen-bond donors (Lipinski definition) is 1. The van der Waals surface area contributed by atoms with Gasteiger partial charge in [0.05, 0.1) is 11.3 Å². The first-order chi connectivity index (χ1) is 7.24. The van der Waals surface area contributed by atoms with Gasteiger partial charge in [-0.05, 0) is 19.4 Å². The van der Waals surface area contributed by atoms with Crippen molar-refractivity contribution in [1.82, 2.24) is 9.78 Å². The minimum absolute atomic E-state index is 0.251. The Balaban J connectivity index is 2.58. The fourth-order valence-corrected chi connectivity index (χ4v) is 1.73. The van der Waals surface area contributed by atoms with Crippen molar-refractivity contribution >= 4 is 0 Å². The molecular weight excluding hydrogens is 188 g/mol. The van der Waals surface area contributed by atoms with Gasteiger partial charge in [-0.3, -0.25) is 0 Å². The Morgan fingerprint density at radius 2 is 1.93 bits per heavy atom. The molecule has 0 fully saturated rings. The Kier molecular flexibility index (Phi) is 2.46. The molecule has 3 heteroatoms. The van der Waals surface area contributed by atoms with Gasteiger partial charge >= 0.3 is 0 Å². The molecule has 15 heavy (non-hydrogen) atoms. The van der Waals surface area contributed by atoms with Crippen LogP contribution < -0.4 is 0 Å². The van der Waals surface area contributed by atoms with Crippen LogP contribution in [-0.2, 0) is 6.54 Å². The second kappa shape index (κ2) is 3.77. The number of rotatable bonds is 2. The van der Waals surface area contributed by atoms with E-state index >= 15 is 0 Å². The minimum Gasteiger partial charge on any atom is -0.493 e. The summed E-state index contributed by atoms with van der Waals surface area (Å²) in [6.07, 6.45) is 0. The molecule has 0 aliphatic heterocycles. The molecule has 0 aliphatic rings. The van der Waals surface area contributed by atoms with E-state index < -0.39 is 0 Å². The van der Waals surface area contributed by atoms with Gasteiger partial charge in [0, 0.05) is 6.54 Å². The average molecular weight is 202 g/mol. The summed E-state index contributed by atoms with van der Waals surface area (Å²) in [7, 11) is 0. The highest BCUT2D eigenvalue weighted by molar-refractivity contribution is 5.70. The Morgan fingerprint density at radius 3 is 2.47 bits per heavy atom. The van der Waals surface area contributed by atoms with Crippen LogP contribution in [0.3, 0.4) is 0 Å². The molecule has 0 aliphatic carbocycles. The van der Waals surface area contributed by atoms with E-state index in [0.717, 1.165) is 16.8 Å². The molecule has 0 amide bonds. The maximum Gasteiger partial charge on any atom is 0.217 e. The summed E-state index contributed by atoms with van der Waals surface area (Å²) < 4.78 is 1.61. The van der Waals surface area contributed by atoms with E-state index in [-0.39, 0.29) is 5.88 Å². The Labute approximate surface area is 89.0 Å². The largest absolute Gasteiger partial charge is 0.493 e. The predicted molar refractivity (Wildman–Crippen MR) is 59.7 cm³/mol. The summed E-state index contributed by atoms with van der Waals surface area (Å²) in [5, 5.41) is 14.2. The van der Waals surface area contributed by atoms with Crippen molar-refractivity contribution in [3.05, 3.63) is 36.0 Å². The normalized spacial score (nSPS) is 10.5. The first-order valence-electron chi connectivity index (χ1n) is 5.05. The smallest absolute Gasteiger partial charge is 0.217 e. The van der Waals surface area contributed by atoms with E-state index in [9.17, 15) is 5.11 Å². The van der Waals surface area contributed by atoms with Crippen LogP contribution in [0.2, 0.25) is 0 Å². The van der Waals surface area contributed by atoms with Crippen molar-refractivity contribution < 1.29 is 5.11 Å². The van der Waals surface area contributed by atoms with Gasteiger partial charge < -0.3 is 5.11 Å². The molecule has 78 valence electrons. The number of benzene rings is 1. The summed E-state index contributed by atoms with van der Waals surface area (Å²) >= 11 is 0. The summed E-state index contributed by atoms with van der Waals surface area (Å²) in [4.78, 5) is 0. The van der Waals surface area contributed by atoms with Gasteiger partial charge in [0.15, 0.2) is 0 Å². The third-order valence-electron chi connectivity index (χ3n) is 2.46. The predicted octanol–water partition coefficient (Wildman–Crippen LogP) is 2.58. The number of hydrogen-bond acceptors (Lipinski definition) is 2. The highest BCUT2D eigenvalue weighted by atomic mass is 16.3. The number of aryl methyl sites for hydroxylation is 2. The minimum atomic E-state index is 0.251. The number of aromatic hydroxyl groups is 1. The molecule has 1 aromatic carbocycles. The molecule has 1 N–H and O–H groups in total. The third kappa shape index (κ3) is 1.61. The Hall–Kier alpha value is -1.77. The van der Waals surface area contributed by atoms with Crippen molar-refractivity contribution in [2.75, 3.05) is 0 Å². The highest BCUT2D eigenvalue weighted by Crippen LogP contribution is 2.31. The molecule has 0 saturated carbocycles. The van der Waals surface area contributed by atoms with Crippen LogP contribution in [0, 0.1) is 6.92 Å². The molecule has 0 spiro atoms. The second-order valence-electron chi connectivity index (χ2n) is 3.47. The van der Waals surface area contributed by atoms with Crippen molar-refractivity contribution in [1.29, 1.82) is 0 Å². The number of nitrogens with zero attached hydrogens (tertiary/aromatic N) is 2. The van der Waals surface area contributed by atoms with Crippen LogP contribution in [0.4, 0.5) is 0 Å². The Bertz CT molecular complexity index is 460. The second-order valence-corrected chi connectivity index (χ2v) is 3.47. The van der Waals surface area contributed by atoms with E-state index in [4.69, 9.17) is 0 Å². The van der Waals surface area contributed by atoms with Crippen molar-refractivity contribution in [2.45, 2.75) is 20.4 Å². The summed E-state index contributed by atoms with van der Waals surface area (Å²) in [6.45, 7) is 4.55. The van der Waals surface area contributed by atoms with Crippen LogP contribution in [0.25, 0.3) is 11.1 Å². The van der Waals surface area contributed by atoms with Crippen LogP contribution in [0.5, 0.6) is 5.88 Å². The summed E-state index contributed by atoms with van der Waals surface area (Å²) in [5.41, 5.74) is 2.70. The third-order valence-corrected chi connectivity index (χ3v) is 2.46. The molecular formula is C12H14N2O. The van der Waals surface area contributed by atoms with E-state index in [2.05, 4.69) is 5.10 Å². The zero-order chi connectivity index (χ0) is 10.8. The lowest BCUT2D eigenvalue weighted by Gasteiger charge is -2.00. The molecule has 0 atom stereocenters.